The summed E-state index contributed by atoms with van der Waals surface area (Å²) in [6.07, 6.45) is 8.39. The first-order valence-corrected chi connectivity index (χ1v) is 17.0. The molecule has 1 N–H and O–H groups in total. The van der Waals surface area contributed by atoms with Crippen molar-refractivity contribution in [3.8, 4) is 0 Å². The second-order valence-electron chi connectivity index (χ2n) is 11.8. The minimum absolute atomic E-state index is 0.0385. The van der Waals surface area contributed by atoms with Gasteiger partial charge in [-0.3, -0.25) is 4.99 Å². The van der Waals surface area contributed by atoms with Gasteiger partial charge in [-0.2, -0.15) is 0 Å². The Balaban J connectivity index is 0.000000161. The highest BCUT2D eigenvalue weighted by atomic mass is 35.5. The van der Waals surface area contributed by atoms with Gasteiger partial charge in [0.05, 0.1) is 30.4 Å². The van der Waals surface area contributed by atoms with Crippen molar-refractivity contribution in [2.75, 3.05) is 46.6 Å². The number of aromatic nitrogens is 5. The van der Waals surface area contributed by atoms with Crippen molar-refractivity contribution in [3.63, 3.8) is 0 Å². The van der Waals surface area contributed by atoms with Gasteiger partial charge in [0.15, 0.2) is 0 Å². The van der Waals surface area contributed by atoms with E-state index in [4.69, 9.17) is 11.6 Å². The second-order valence-corrected chi connectivity index (χ2v) is 14.3. The van der Waals surface area contributed by atoms with E-state index in [9.17, 15) is 9.59 Å². The number of hydrogen-bond donors (Lipinski definition) is 1. The largest absolute Gasteiger partial charge is 0.331 e. The predicted octanol–water partition coefficient (Wildman–Crippen LogP) is 5.19. The van der Waals surface area contributed by atoms with Crippen molar-refractivity contribution in [1.29, 1.82) is 0 Å². The molecule has 5 aromatic rings. The van der Waals surface area contributed by atoms with Gasteiger partial charge in [-0.1, -0.05) is 11.6 Å². The number of halogens is 1. The number of carbonyl (C=O) groups excluding carboxylic acids is 2. The van der Waals surface area contributed by atoms with Crippen LogP contribution >= 0.6 is 34.3 Å². The van der Waals surface area contributed by atoms with Crippen LogP contribution in [0.3, 0.4) is 0 Å². The Labute approximate surface area is 283 Å². The molecule has 0 aliphatic carbocycles. The number of anilines is 2. The molecule has 3 aliphatic heterocycles. The zero-order valence-corrected chi connectivity index (χ0v) is 28.7. The Kier molecular flexibility index (Phi) is 8.36. The monoisotopic (exact) mass is 689 g/mol. The highest BCUT2D eigenvalue weighted by molar-refractivity contribution is 7.19. The topological polar surface area (TPSA) is 136 Å². The van der Waals surface area contributed by atoms with Crippen LogP contribution in [0, 0.1) is 0 Å². The first-order chi connectivity index (χ1) is 22.7. The molecule has 8 rings (SSSR count). The number of carbonyl (C=O) groups is 2. The SMILES string of the molecule is CN(C)C(=O)N1CCc2c(sc3ncnc(Cl)c23)C1.CN(C)C(=O)N1CCc2c(sc3ncnc(Nc4cc5c(cn4)CN=C5)c23)C1. The lowest BCUT2D eigenvalue weighted by Gasteiger charge is -2.29. The van der Waals surface area contributed by atoms with Crippen LogP contribution in [0.25, 0.3) is 20.4 Å². The fraction of sp³-hybridized carbons (Fsp3) is 0.355. The van der Waals surface area contributed by atoms with Gasteiger partial charge in [-0.15, -0.1) is 22.7 Å². The number of urea groups is 2. The molecule has 0 atom stereocenters. The molecule has 0 bridgehead atoms. The van der Waals surface area contributed by atoms with Gasteiger partial charge in [0.25, 0.3) is 0 Å². The van der Waals surface area contributed by atoms with E-state index in [0.29, 0.717) is 37.9 Å². The number of nitrogens with one attached hydrogen (secondary N) is 1. The number of hydrogen-bond acceptors (Lipinski definition) is 11. The lowest BCUT2D eigenvalue weighted by atomic mass is 10.1. The van der Waals surface area contributed by atoms with E-state index in [1.807, 2.05) is 28.3 Å². The van der Waals surface area contributed by atoms with E-state index in [0.717, 1.165) is 56.0 Å². The Bertz CT molecular complexity index is 2060. The highest BCUT2D eigenvalue weighted by Crippen LogP contribution is 2.39. The standard InChI is InChI=1S/C19H19N7OS.C12H13ClN4OS/c1-25(2)19(27)26-4-3-13-14(9-26)28-18-16(13)17(22-10-23-18)24-15-5-11-6-20-7-12(11)8-21-15;1-16(2)12(18)17-4-3-7-8(5-17)19-11-9(7)10(13)14-6-15-11/h5-6,8,10H,3-4,7,9H2,1-2H3,(H,21,22,23,24);6H,3-5H2,1-2H3. The number of pyridine rings is 1. The molecule has 0 radical (unpaired) electrons. The second kappa shape index (κ2) is 12.6. The van der Waals surface area contributed by atoms with Gasteiger partial charge in [-0.05, 0) is 30.0 Å². The fourth-order valence-corrected chi connectivity index (χ4v) is 8.70. The molecule has 3 aliphatic rings. The highest BCUT2D eigenvalue weighted by Gasteiger charge is 2.28. The molecule has 0 fully saturated rings. The van der Waals surface area contributed by atoms with Gasteiger partial charge in [0, 0.05) is 74.6 Å². The van der Waals surface area contributed by atoms with E-state index in [1.54, 1.807) is 67.0 Å². The van der Waals surface area contributed by atoms with Crippen LogP contribution < -0.4 is 5.32 Å². The Hall–Kier alpha value is -4.47. The summed E-state index contributed by atoms with van der Waals surface area (Å²) in [5, 5.41) is 5.87. The molecule has 47 heavy (non-hydrogen) atoms. The number of nitrogens with zero attached hydrogens (tertiary/aromatic N) is 10. The Morgan fingerprint density at radius 1 is 0.830 bits per heavy atom. The maximum absolute atomic E-state index is 12.3. The van der Waals surface area contributed by atoms with Crippen LogP contribution in [0.5, 0.6) is 0 Å². The molecule has 0 saturated carbocycles. The van der Waals surface area contributed by atoms with Gasteiger partial charge in [-0.25, -0.2) is 34.5 Å². The van der Waals surface area contributed by atoms with Gasteiger partial charge in [0.1, 0.15) is 39.1 Å². The third-order valence-corrected chi connectivity index (χ3v) is 10.8. The lowest BCUT2D eigenvalue weighted by Crippen LogP contribution is -2.41. The summed E-state index contributed by atoms with van der Waals surface area (Å²) in [4.78, 5) is 61.5. The Morgan fingerprint density at radius 2 is 1.43 bits per heavy atom. The van der Waals surface area contributed by atoms with Gasteiger partial charge < -0.3 is 24.9 Å². The summed E-state index contributed by atoms with van der Waals surface area (Å²) < 4.78 is 0. The van der Waals surface area contributed by atoms with Crippen LogP contribution in [0.4, 0.5) is 21.2 Å². The molecule has 8 heterocycles. The van der Waals surface area contributed by atoms with Gasteiger partial charge in [0.2, 0.25) is 0 Å². The number of amides is 4. The lowest BCUT2D eigenvalue weighted by molar-refractivity contribution is 0.166. The van der Waals surface area contributed by atoms with Crippen molar-refractivity contribution in [3.05, 3.63) is 62.1 Å². The smallest absolute Gasteiger partial charge is 0.319 e. The number of rotatable bonds is 2. The van der Waals surface area contributed by atoms with E-state index >= 15 is 0 Å². The summed E-state index contributed by atoms with van der Waals surface area (Å²) in [5.74, 6) is 1.50. The maximum atomic E-state index is 12.3. The summed E-state index contributed by atoms with van der Waals surface area (Å²) >= 11 is 9.38. The average Bonchev–Trinajstić information content (AvgIpc) is 3.79. The molecule has 4 amide bonds. The quantitative estimate of drug-likeness (QED) is 0.250. The molecule has 13 nitrogen and oxygen atoms in total. The van der Waals surface area contributed by atoms with Crippen molar-refractivity contribution < 1.29 is 9.59 Å². The molecule has 16 heteroatoms. The van der Waals surface area contributed by atoms with Crippen LogP contribution in [0.15, 0.2) is 29.9 Å². The Morgan fingerprint density at radius 3 is 2.06 bits per heavy atom. The molecule has 0 spiro atoms. The molecule has 5 aromatic heterocycles. The third-order valence-electron chi connectivity index (χ3n) is 8.29. The summed E-state index contributed by atoms with van der Waals surface area (Å²) in [6, 6.07) is 2.08. The van der Waals surface area contributed by atoms with E-state index < -0.39 is 0 Å². The van der Waals surface area contributed by atoms with Crippen molar-refractivity contribution >= 4 is 84.6 Å². The van der Waals surface area contributed by atoms with E-state index in [1.165, 1.54) is 27.2 Å². The molecular formula is C31H32ClN11O2S2. The molecule has 0 unspecified atom stereocenters. The molecule has 0 aromatic carbocycles. The van der Waals surface area contributed by atoms with Crippen LogP contribution in [0.2, 0.25) is 5.15 Å². The minimum Gasteiger partial charge on any atom is -0.331 e. The van der Waals surface area contributed by atoms with Crippen LogP contribution in [-0.2, 0) is 32.5 Å². The van der Waals surface area contributed by atoms with Gasteiger partial charge >= 0.3 is 12.1 Å². The van der Waals surface area contributed by atoms with E-state index in [-0.39, 0.29) is 12.1 Å². The van der Waals surface area contributed by atoms with Crippen LogP contribution in [-0.4, -0.2) is 104 Å². The average molecular weight is 690 g/mol. The van der Waals surface area contributed by atoms with Crippen LogP contribution in [0.1, 0.15) is 32.0 Å². The summed E-state index contributed by atoms with van der Waals surface area (Å²) in [7, 11) is 7.10. The zero-order chi connectivity index (χ0) is 32.8. The summed E-state index contributed by atoms with van der Waals surface area (Å²) in [6.45, 7) is 3.34. The maximum Gasteiger partial charge on any atom is 0.319 e. The predicted molar refractivity (Wildman–Crippen MR) is 185 cm³/mol. The minimum atomic E-state index is 0.0385. The molecular weight excluding hydrogens is 658 g/mol. The third kappa shape index (κ3) is 5.94. The molecule has 242 valence electrons. The fourth-order valence-electron chi connectivity index (χ4n) is 5.99. The first-order valence-electron chi connectivity index (χ1n) is 15.0. The number of aliphatic imine (C=N–C) groups is 1. The number of thiophene rings is 2. The first kappa shape index (κ1) is 31.1. The normalized spacial score (nSPS) is 14.7. The zero-order valence-electron chi connectivity index (χ0n) is 26.3. The summed E-state index contributed by atoms with van der Waals surface area (Å²) in [5.41, 5.74) is 4.66. The number of fused-ring (bicyclic) bond motifs is 7. The van der Waals surface area contributed by atoms with Crippen molar-refractivity contribution in [1.82, 2.24) is 44.5 Å². The van der Waals surface area contributed by atoms with E-state index in [2.05, 4.69) is 35.2 Å². The molecule has 0 saturated heterocycles. The van der Waals surface area contributed by atoms with Crippen molar-refractivity contribution in [2.24, 2.45) is 4.99 Å². The van der Waals surface area contributed by atoms with Crippen molar-refractivity contribution in [2.45, 2.75) is 32.5 Å².